The van der Waals surface area contributed by atoms with E-state index in [-0.39, 0.29) is 24.3 Å². The van der Waals surface area contributed by atoms with Crippen molar-refractivity contribution in [1.29, 1.82) is 0 Å². The first-order valence-corrected chi connectivity index (χ1v) is 5.70. The lowest BCUT2D eigenvalue weighted by atomic mass is 10.0. The molecule has 0 bridgehead atoms. The number of methoxy groups -OCH3 is 1. The van der Waals surface area contributed by atoms with E-state index in [0.717, 1.165) is 12.8 Å². The van der Waals surface area contributed by atoms with Crippen molar-refractivity contribution in [2.45, 2.75) is 52.2 Å². The molecule has 0 fully saturated rings. The Bertz CT molecular complexity index is 199. The van der Waals surface area contributed by atoms with Crippen LogP contribution >= 0.6 is 0 Å². The van der Waals surface area contributed by atoms with Gasteiger partial charge in [-0.1, -0.05) is 0 Å². The molecular weight excluding hydrogens is 208 g/mol. The molecule has 4 nitrogen and oxygen atoms in total. The fourth-order valence-electron chi connectivity index (χ4n) is 1.06. The first-order valence-electron chi connectivity index (χ1n) is 5.70. The summed E-state index contributed by atoms with van der Waals surface area (Å²) in [6.45, 7) is 8.24. The van der Waals surface area contributed by atoms with Crippen LogP contribution in [0.3, 0.4) is 0 Å². The molecule has 0 aliphatic rings. The third-order valence-corrected chi connectivity index (χ3v) is 2.27. The summed E-state index contributed by atoms with van der Waals surface area (Å²) >= 11 is 0. The van der Waals surface area contributed by atoms with Crippen molar-refractivity contribution in [1.82, 2.24) is 0 Å². The lowest BCUT2D eigenvalue weighted by Gasteiger charge is -2.22. The average molecular weight is 232 g/mol. The Morgan fingerprint density at radius 1 is 1.31 bits per heavy atom. The summed E-state index contributed by atoms with van der Waals surface area (Å²) < 4.78 is 15.4. The van der Waals surface area contributed by atoms with E-state index in [4.69, 9.17) is 14.2 Å². The van der Waals surface area contributed by atoms with Gasteiger partial charge in [0.15, 0.2) is 0 Å². The van der Waals surface area contributed by atoms with E-state index in [1.165, 1.54) is 0 Å². The molecule has 0 N–H and O–H groups in total. The zero-order valence-electron chi connectivity index (χ0n) is 11.0. The highest BCUT2D eigenvalue weighted by Gasteiger charge is 2.15. The van der Waals surface area contributed by atoms with Crippen LogP contribution in [-0.2, 0) is 19.0 Å². The highest BCUT2D eigenvalue weighted by Crippen LogP contribution is 2.14. The van der Waals surface area contributed by atoms with Crippen LogP contribution in [0.25, 0.3) is 0 Å². The quantitative estimate of drug-likeness (QED) is 0.475. The van der Waals surface area contributed by atoms with Crippen LogP contribution in [-0.4, -0.2) is 38.0 Å². The van der Waals surface area contributed by atoms with E-state index in [1.807, 2.05) is 27.7 Å². The number of hydrogen-bond acceptors (Lipinski definition) is 4. The maximum atomic E-state index is 11.2. The van der Waals surface area contributed by atoms with E-state index in [1.54, 1.807) is 7.11 Å². The second kappa shape index (κ2) is 7.63. The third kappa shape index (κ3) is 8.68. The van der Waals surface area contributed by atoms with Crippen molar-refractivity contribution in [3.8, 4) is 0 Å². The second-order valence-electron chi connectivity index (χ2n) is 4.65. The van der Waals surface area contributed by atoms with Gasteiger partial charge >= 0.3 is 5.97 Å². The maximum Gasteiger partial charge on any atom is 0.332 e. The summed E-state index contributed by atoms with van der Waals surface area (Å²) in [5, 5.41) is 0. The zero-order chi connectivity index (χ0) is 12.6. The van der Waals surface area contributed by atoms with Gasteiger partial charge in [-0.25, -0.2) is 4.79 Å². The maximum absolute atomic E-state index is 11.2. The van der Waals surface area contributed by atoms with E-state index in [0.29, 0.717) is 6.61 Å². The fourth-order valence-corrected chi connectivity index (χ4v) is 1.06. The largest absolute Gasteiger partial charge is 0.464 e. The van der Waals surface area contributed by atoms with Crippen molar-refractivity contribution < 1.29 is 19.0 Å². The van der Waals surface area contributed by atoms with Gasteiger partial charge in [0, 0.05) is 7.11 Å². The standard InChI is InChI=1S/C12H24O4/c1-10(2)16-9-11(13)15-8-6-7-12(3,4)14-5/h10H,6-9H2,1-5H3. The minimum atomic E-state index is -0.302. The van der Waals surface area contributed by atoms with Gasteiger partial charge in [0.05, 0.1) is 18.3 Å². The molecule has 0 aromatic rings. The van der Waals surface area contributed by atoms with Crippen molar-refractivity contribution in [3.63, 3.8) is 0 Å². The molecule has 0 rings (SSSR count). The number of esters is 1. The molecule has 0 aliphatic heterocycles. The molecular formula is C12H24O4. The lowest BCUT2D eigenvalue weighted by molar-refractivity contribution is -0.150. The summed E-state index contributed by atoms with van der Waals surface area (Å²) in [5.74, 6) is -0.302. The Hall–Kier alpha value is -0.610. The summed E-state index contributed by atoms with van der Waals surface area (Å²) in [6, 6.07) is 0. The first kappa shape index (κ1) is 15.4. The molecule has 0 aromatic carbocycles. The minimum absolute atomic E-state index is 0.0331. The molecule has 0 saturated carbocycles. The number of ether oxygens (including phenoxy) is 3. The van der Waals surface area contributed by atoms with Crippen LogP contribution in [0.1, 0.15) is 40.5 Å². The molecule has 4 heteroatoms. The van der Waals surface area contributed by atoms with Crippen molar-refractivity contribution in [2.75, 3.05) is 20.3 Å². The van der Waals surface area contributed by atoms with Gasteiger partial charge in [-0.3, -0.25) is 0 Å². The van der Waals surface area contributed by atoms with Crippen molar-refractivity contribution in [2.24, 2.45) is 0 Å². The molecule has 0 heterocycles. The van der Waals surface area contributed by atoms with Gasteiger partial charge in [-0.15, -0.1) is 0 Å². The van der Waals surface area contributed by atoms with Crippen LogP contribution in [0.2, 0.25) is 0 Å². The summed E-state index contributed by atoms with van der Waals surface area (Å²) in [5.41, 5.74) is -0.152. The molecule has 16 heavy (non-hydrogen) atoms. The second-order valence-corrected chi connectivity index (χ2v) is 4.65. The summed E-state index contributed by atoms with van der Waals surface area (Å²) in [4.78, 5) is 11.2. The Morgan fingerprint density at radius 3 is 2.44 bits per heavy atom. The Balaban J connectivity index is 3.48. The van der Waals surface area contributed by atoms with Gasteiger partial charge in [-0.05, 0) is 40.5 Å². The third-order valence-electron chi connectivity index (χ3n) is 2.27. The smallest absolute Gasteiger partial charge is 0.332 e. The summed E-state index contributed by atoms with van der Waals surface area (Å²) in [6.07, 6.45) is 1.72. The highest BCUT2D eigenvalue weighted by atomic mass is 16.6. The van der Waals surface area contributed by atoms with E-state index in [2.05, 4.69) is 0 Å². The van der Waals surface area contributed by atoms with Gasteiger partial charge in [0.1, 0.15) is 6.61 Å². The fraction of sp³-hybridized carbons (Fsp3) is 0.917. The first-order chi connectivity index (χ1) is 7.37. The minimum Gasteiger partial charge on any atom is -0.464 e. The van der Waals surface area contributed by atoms with Crippen molar-refractivity contribution in [3.05, 3.63) is 0 Å². The van der Waals surface area contributed by atoms with Crippen LogP contribution in [0.4, 0.5) is 0 Å². The molecule has 0 atom stereocenters. The van der Waals surface area contributed by atoms with Crippen LogP contribution in [0.15, 0.2) is 0 Å². The van der Waals surface area contributed by atoms with Gasteiger partial charge in [0.25, 0.3) is 0 Å². The number of rotatable bonds is 8. The van der Waals surface area contributed by atoms with Gasteiger partial charge < -0.3 is 14.2 Å². The lowest BCUT2D eigenvalue weighted by Crippen LogP contribution is -2.23. The number of carbonyl (C=O) groups excluding carboxylic acids is 1. The average Bonchev–Trinajstić information content (AvgIpc) is 2.21. The van der Waals surface area contributed by atoms with Gasteiger partial charge in [0.2, 0.25) is 0 Å². The van der Waals surface area contributed by atoms with E-state index >= 15 is 0 Å². The molecule has 0 saturated heterocycles. The monoisotopic (exact) mass is 232 g/mol. The molecule has 0 radical (unpaired) electrons. The van der Waals surface area contributed by atoms with Crippen molar-refractivity contribution >= 4 is 5.97 Å². The molecule has 0 unspecified atom stereocenters. The van der Waals surface area contributed by atoms with E-state index in [9.17, 15) is 4.79 Å². The molecule has 0 aliphatic carbocycles. The molecule has 0 amide bonds. The Kier molecular flexibility index (Phi) is 7.34. The number of hydrogen-bond donors (Lipinski definition) is 0. The normalized spacial score (nSPS) is 11.9. The zero-order valence-corrected chi connectivity index (χ0v) is 11.0. The predicted molar refractivity (Wildman–Crippen MR) is 62.4 cm³/mol. The molecule has 0 spiro atoms. The van der Waals surface area contributed by atoms with Gasteiger partial charge in [-0.2, -0.15) is 0 Å². The number of carbonyl (C=O) groups is 1. The highest BCUT2D eigenvalue weighted by molar-refractivity contribution is 5.70. The SMILES string of the molecule is COC(C)(C)CCCOC(=O)COC(C)C. The Labute approximate surface area is 98.3 Å². The predicted octanol–water partition coefficient (Wildman–Crippen LogP) is 2.16. The van der Waals surface area contributed by atoms with E-state index < -0.39 is 0 Å². The molecule has 96 valence electrons. The van der Waals surface area contributed by atoms with Crippen LogP contribution in [0.5, 0.6) is 0 Å². The Morgan fingerprint density at radius 2 is 1.94 bits per heavy atom. The van der Waals surface area contributed by atoms with Crippen LogP contribution in [0, 0.1) is 0 Å². The summed E-state index contributed by atoms with van der Waals surface area (Å²) in [7, 11) is 1.68. The van der Waals surface area contributed by atoms with Crippen LogP contribution < -0.4 is 0 Å². The molecule has 0 aromatic heterocycles. The topological polar surface area (TPSA) is 44.8 Å².